The van der Waals surface area contributed by atoms with E-state index in [4.69, 9.17) is 16.6 Å². The smallest absolute Gasteiger partial charge is 0.194 e. The van der Waals surface area contributed by atoms with Gasteiger partial charge in [0.05, 0.1) is 17.8 Å². The van der Waals surface area contributed by atoms with Crippen LogP contribution in [0, 0.1) is 0 Å². The summed E-state index contributed by atoms with van der Waals surface area (Å²) in [5, 5.41) is 8.30. The largest absolute Gasteiger partial charge is 0.357 e. The van der Waals surface area contributed by atoms with Crippen molar-refractivity contribution in [1.82, 2.24) is 24.6 Å². The van der Waals surface area contributed by atoms with E-state index < -0.39 is 0 Å². The number of guanidine groups is 1. The quantitative estimate of drug-likeness (QED) is 0.474. The molecule has 0 aliphatic rings. The van der Waals surface area contributed by atoms with Crippen molar-refractivity contribution in [2.75, 3.05) is 20.1 Å². The average molecular weight is 351 g/mol. The molecule has 6 nitrogen and oxygen atoms in total. The maximum absolute atomic E-state index is 6.06. The van der Waals surface area contributed by atoms with Crippen LogP contribution in [0.2, 0.25) is 5.02 Å². The Morgan fingerprint density at radius 2 is 2.17 bits per heavy atom. The lowest BCUT2D eigenvalue weighted by Crippen LogP contribution is -2.38. The van der Waals surface area contributed by atoms with Crippen molar-refractivity contribution in [3.63, 3.8) is 0 Å². The second-order valence-corrected chi connectivity index (χ2v) is 6.41. The molecule has 0 spiro atoms. The van der Waals surface area contributed by atoms with E-state index in [1.54, 1.807) is 0 Å². The Morgan fingerprint density at radius 3 is 2.75 bits per heavy atom. The van der Waals surface area contributed by atoms with Crippen molar-refractivity contribution >= 4 is 17.6 Å². The number of rotatable bonds is 7. The highest BCUT2D eigenvalue weighted by Gasteiger charge is 2.09. The van der Waals surface area contributed by atoms with Crippen LogP contribution in [-0.4, -0.2) is 45.3 Å². The van der Waals surface area contributed by atoms with E-state index in [-0.39, 0.29) is 0 Å². The molecule has 0 aliphatic heterocycles. The van der Waals surface area contributed by atoms with Gasteiger partial charge in [-0.25, -0.2) is 0 Å². The molecule has 24 heavy (non-hydrogen) atoms. The van der Waals surface area contributed by atoms with Crippen molar-refractivity contribution in [2.45, 2.75) is 26.3 Å². The first-order chi connectivity index (χ1) is 11.5. The molecule has 0 bridgehead atoms. The predicted octanol–water partition coefficient (Wildman–Crippen LogP) is 2.44. The van der Waals surface area contributed by atoms with Gasteiger partial charge in [0.25, 0.3) is 0 Å². The molecule has 0 radical (unpaired) electrons. The maximum Gasteiger partial charge on any atom is 0.194 e. The molecule has 2 aromatic heterocycles. The summed E-state index contributed by atoms with van der Waals surface area (Å²) in [5.74, 6) is 0.918. The predicted molar refractivity (Wildman–Crippen MR) is 99.4 cm³/mol. The van der Waals surface area contributed by atoms with Crippen LogP contribution in [0.3, 0.4) is 0 Å². The van der Waals surface area contributed by atoms with Crippen LogP contribution in [-0.2, 0) is 27.1 Å². The summed E-state index contributed by atoms with van der Waals surface area (Å²) in [6.45, 7) is 4.48. The third kappa shape index (κ3) is 5.30. The third-order valence-electron chi connectivity index (χ3n) is 3.81. The first kappa shape index (κ1) is 18.4. The normalized spacial score (nSPS) is 11.8. The summed E-state index contributed by atoms with van der Waals surface area (Å²) >= 11 is 6.06. The van der Waals surface area contributed by atoms with E-state index in [0.717, 1.165) is 49.2 Å². The summed E-state index contributed by atoms with van der Waals surface area (Å²) in [4.78, 5) is 6.85. The molecular weight excluding hydrogens is 324 g/mol. The first-order valence-corrected chi connectivity index (χ1v) is 8.65. The minimum atomic E-state index is 0.762. The summed E-state index contributed by atoms with van der Waals surface area (Å²) in [6, 6.07) is 1.99. The van der Waals surface area contributed by atoms with Gasteiger partial charge in [-0.3, -0.25) is 9.67 Å². The molecule has 2 aromatic rings. The van der Waals surface area contributed by atoms with E-state index in [2.05, 4.69) is 28.4 Å². The first-order valence-electron chi connectivity index (χ1n) is 8.27. The van der Waals surface area contributed by atoms with Crippen LogP contribution in [0.4, 0.5) is 0 Å². The Kier molecular flexibility index (Phi) is 6.73. The second-order valence-electron chi connectivity index (χ2n) is 5.98. The number of halogens is 1. The maximum atomic E-state index is 6.06. The summed E-state index contributed by atoms with van der Waals surface area (Å²) in [6.07, 6.45) is 7.89. The van der Waals surface area contributed by atoms with Crippen molar-refractivity contribution in [3.05, 3.63) is 40.9 Å². The molecule has 0 amide bonds. The molecule has 0 unspecified atom stereocenters. The van der Waals surface area contributed by atoms with Gasteiger partial charge >= 0.3 is 0 Å². The zero-order chi connectivity index (χ0) is 17.5. The minimum absolute atomic E-state index is 0.762. The fourth-order valence-corrected chi connectivity index (χ4v) is 2.85. The molecule has 1 N–H and O–H groups in total. The van der Waals surface area contributed by atoms with Gasteiger partial charge in [-0.1, -0.05) is 11.6 Å². The highest BCUT2D eigenvalue weighted by molar-refractivity contribution is 6.30. The molecule has 0 aromatic carbocycles. The van der Waals surface area contributed by atoms with Gasteiger partial charge in [-0.15, -0.1) is 0 Å². The van der Waals surface area contributed by atoms with Crippen LogP contribution in [0.1, 0.15) is 24.6 Å². The fourth-order valence-electron chi connectivity index (χ4n) is 2.58. The van der Waals surface area contributed by atoms with E-state index in [9.17, 15) is 0 Å². The number of nitrogens with zero attached hydrogens (tertiary/aromatic N) is 5. The lowest BCUT2D eigenvalue weighted by atomic mass is 10.2. The summed E-state index contributed by atoms with van der Waals surface area (Å²) < 4.78 is 3.88. The number of hydrogen-bond donors (Lipinski definition) is 1. The molecule has 2 rings (SSSR count). The van der Waals surface area contributed by atoms with E-state index in [1.165, 1.54) is 5.56 Å². The van der Waals surface area contributed by atoms with Crippen LogP contribution in [0.5, 0.6) is 0 Å². The number of aliphatic imine (C=N–C) groups is 1. The zero-order valence-electron chi connectivity index (χ0n) is 15.0. The molecule has 132 valence electrons. The molecule has 2 heterocycles. The van der Waals surface area contributed by atoms with Crippen molar-refractivity contribution in [3.8, 4) is 0 Å². The van der Waals surface area contributed by atoms with Gasteiger partial charge in [0.2, 0.25) is 0 Å². The van der Waals surface area contributed by atoms with Gasteiger partial charge in [-0.05, 0) is 31.4 Å². The fraction of sp³-hybridized carbons (Fsp3) is 0.529. The highest BCUT2D eigenvalue weighted by Crippen LogP contribution is 2.14. The summed E-state index contributed by atoms with van der Waals surface area (Å²) in [5.41, 5.74) is 2.41. The Morgan fingerprint density at radius 1 is 1.38 bits per heavy atom. The van der Waals surface area contributed by atoms with Gasteiger partial charge in [0.15, 0.2) is 5.96 Å². The van der Waals surface area contributed by atoms with Gasteiger partial charge < -0.3 is 14.8 Å². The molecule has 0 saturated heterocycles. The average Bonchev–Trinajstić information content (AvgIpc) is 3.07. The topological polar surface area (TPSA) is 50.4 Å². The lowest BCUT2D eigenvalue weighted by molar-refractivity contribution is 0.461. The summed E-state index contributed by atoms with van der Waals surface area (Å²) in [7, 11) is 5.99. The molecule has 0 atom stereocenters. The Balaban J connectivity index is 1.90. The van der Waals surface area contributed by atoms with Crippen LogP contribution in [0.15, 0.2) is 29.6 Å². The Labute approximate surface area is 149 Å². The second kappa shape index (κ2) is 8.78. The molecular formula is C17H27ClN6. The van der Waals surface area contributed by atoms with Crippen molar-refractivity contribution in [1.29, 1.82) is 0 Å². The molecule has 0 fully saturated rings. The number of nitrogens with one attached hydrogen (secondary N) is 1. The monoisotopic (exact) mass is 350 g/mol. The number of aryl methyl sites for hydroxylation is 3. The SMILES string of the molecule is CCNC(=NCCCc1cnn(C)c1)N(C)Cc1cc(Cl)cn1C. The molecule has 7 heteroatoms. The van der Waals surface area contributed by atoms with Gasteiger partial charge in [0.1, 0.15) is 0 Å². The van der Waals surface area contributed by atoms with Crippen LogP contribution < -0.4 is 5.32 Å². The minimum Gasteiger partial charge on any atom is -0.357 e. The van der Waals surface area contributed by atoms with E-state index in [1.807, 2.05) is 48.9 Å². The molecule has 0 saturated carbocycles. The highest BCUT2D eigenvalue weighted by atomic mass is 35.5. The molecule has 0 aliphatic carbocycles. The number of aromatic nitrogens is 3. The van der Waals surface area contributed by atoms with Crippen LogP contribution >= 0.6 is 11.6 Å². The van der Waals surface area contributed by atoms with Crippen LogP contribution in [0.25, 0.3) is 0 Å². The number of hydrogen-bond acceptors (Lipinski definition) is 2. The third-order valence-corrected chi connectivity index (χ3v) is 4.02. The van der Waals surface area contributed by atoms with Gasteiger partial charge in [-0.2, -0.15) is 5.10 Å². The standard InChI is InChI=1S/C17H27ClN6/c1-5-19-17(20-8-6-7-14-10-21-24(4)11-14)23(3)13-16-9-15(18)12-22(16)2/h9-12H,5-8,13H2,1-4H3,(H,19,20). The van der Waals surface area contributed by atoms with Crippen molar-refractivity contribution < 1.29 is 0 Å². The Hall–Kier alpha value is -1.95. The van der Waals surface area contributed by atoms with Gasteiger partial charge in [0, 0.05) is 52.3 Å². The lowest BCUT2D eigenvalue weighted by Gasteiger charge is -2.22. The van der Waals surface area contributed by atoms with Crippen molar-refractivity contribution in [2.24, 2.45) is 19.1 Å². The van der Waals surface area contributed by atoms with E-state index >= 15 is 0 Å². The zero-order valence-corrected chi connectivity index (χ0v) is 15.7. The Bertz CT molecular complexity index is 672. The van der Waals surface area contributed by atoms with E-state index in [0.29, 0.717) is 0 Å².